The van der Waals surface area contributed by atoms with Gasteiger partial charge in [-0.05, 0) is 43.9 Å². The molecule has 0 aliphatic heterocycles. The summed E-state index contributed by atoms with van der Waals surface area (Å²) in [5.41, 5.74) is 1.00. The highest BCUT2D eigenvalue weighted by Crippen LogP contribution is 2.32. The minimum Gasteiger partial charge on any atom is -0.308 e. The number of nitrogens with zero attached hydrogens (tertiary/aromatic N) is 1. The quantitative estimate of drug-likeness (QED) is 0.805. The molecule has 1 aliphatic carbocycles. The second kappa shape index (κ2) is 7.59. The largest absolute Gasteiger partial charge is 0.308 e. The van der Waals surface area contributed by atoms with Crippen LogP contribution in [0.4, 0.5) is 4.39 Å². The van der Waals surface area contributed by atoms with E-state index < -0.39 is 0 Å². The number of pyridine rings is 1. The maximum atomic E-state index is 13.0. The van der Waals surface area contributed by atoms with Crippen molar-refractivity contribution in [3.05, 3.63) is 29.8 Å². The van der Waals surface area contributed by atoms with Crippen LogP contribution in [0.25, 0.3) is 0 Å². The Morgan fingerprint density at radius 2 is 2.00 bits per heavy atom. The number of nitrogens with one attached hydrogen (secondary N) is 1. The van der Waals surface area contributed by atoms with Gasteiger partial charge in [0.15, 0.2) is 0 Å². The van der Waals surface area contributed by atoms with Crippen LogP contribution in [0.1, 0.15) is 63.6 Å². The molecule has 2 rings (SSSR count). The summed E-state index contributed by atoms with van der Waals surface area (Å²) in [5.74, 6) is 0.394. The zero-order valence-electron chi connectivity index (χ0n) is 11.9. The molecule has 0 bridgehead atoms. The molecule has 1 heterocycles. The number of rotatable bonds is 5. The van der Waals surface area contributed by atoms with Crippen molar-refractivity contribution in [1.82, 2.24) is 10.3 Å². The standard InChI is InChI=1S/C16H25FN2/c1-2-11-18-16(13-7-5-3-4-6-8-13)15-10-9-14(17)12-19-15/h9-10,12-13,16,18H,2-8,11H2,1H3. The van der Waals surface area contributed by atoms with Crippen LogP contribution in [0, 0.1) is 11.7 Å². The van der Waals surface area contributed by atoms with E-state index in [2.05, 4.69) is 17.2 Å². The first kappa shape index (κ1) is 14.4. The fraction of sp³-hybridized carbons (Fsp3) is 0.688. The van der Waals surface area contributed by atoms with Crippen LogP contribution in [-0.4, -0.2) is 11.5 Å². The molecule has 106 valence electrons. The van der Waals surface area contributed by atoms with Crippen molar-refractivity contribution >= 4 is 0 Å². The Kier molecular flexibility index (Phi) is 5.77. The maximum Gasteiger partial charge on any atom is 0.141 e. The highest BCUT2D eigenvalue weighted by molar-refractivity contribution is 5.11. The summed E-state index contributed by atoms with van der Waals surface area (Å²) in [7, 11) is 0. The normalized spacial score (nSPS) is 19.1. The third kappa shape index (κ3) is 4.27. The predicted octanol–water partition coefficient (Wildman–Crippen LogP) is 4.23. The van der Waals surface area contributed by atoms with Crippen LogP contribution in [0.5, 0.6) is 0 Å². The highest BCUT2D eigenvalue weighted by Gasteiger charge is 2.24. The van der Waals surface area contributed by atoms with E-state index in [0.29, 0.717) is 12.0 Å². The van der Waals surface area contributed by atoms with E-state index in [-0.39, 0.29) is 5.82 Å². The fourth-order valence-electron chi connectivity index (χ4n) is 3.03. The van der Waals surface area contributed by atoms with Crippen LogP contribution in [-0.2, 0) is 0 Å². The van der Waals surface area contributed by atoms with Gasteiger partial charge in [0.05, 0.1) is 17.9 Å². The van der Waals surface area contributed by atoms with Crippen LogP contribution < -0.4 is 5.32 Å². The molecule has 3 heteroatoms. The highest BCUT2D eigenvalue weighted by atomic mass is 19.1. The summed E-state index contributed by atoms with van der Waals surface area (Å²) >= 11 is 0. The Balaban J connectivity index is 2.11. The van der Waals surface area contributed by atoms with Crippen molar-refractivity contribution < 1.29 is 4.39 Å². The first-order chi connectivity index (χ1) is 9.31. The van der Waals surface area contributed by atoms with E-state index in [9.17, 15) is 4.39 Å². The van der Waals surface area contributed by atoms with Gasteiger partial charge in [-0.3, -0.25) is 4.98 Å². The van der Waals surface area contributed by atoms with Gasteiger partial charge in [-0.1, -0.05) is 32.6 Å². The lowest BCUT2D eigenvalue weighted by molar-refractivity contribution is 0.320. The Bertz CT molecular complexity index is 356. The molecule has 1 aliphatic rings. The van der Waals surface area contributed by atoms with E-state index in [1.807, 2.05) is 6.07 Å². The second-order valence-electron chi connectivity index (χ2n) is 5.58. The molecule has 1 N–H and O–H groups in total. The Labute approximate surface area is 115 Å². The molecule has 19 heavy (non-hydrogen) atoms. The van der Waals surface area contributed by atoms with Crippen LogP contribution in [0.15, 0.2) is 18.3 Å². The van der Waals surface area contributed by atoms with E-state index in [0.717, 1.165) is 18.7 Å². The number of halogens is 1. The summed E-state index contributed by atoms with van der Waals surface area (Å²) in [6.45, 7) is 3.18. The van der Waals surface area contributed by atoms with Crippen molar-refractivity contribution in [2.75, 3.05) is 6.54 Å². The van der Waals surface area contributed by atoms with Gasteiger partial charge in [0.2, 0.25) is 0 Å². The molecule has 0 spiro atoms. The molecular weight excluding hydrogens is 239 g/mol. The summed E-state index contributed by atoms with van der Waals surface area (Å²) in [5, 5.41) is 3.62. The summed E-state index contributed by atoms with van der Waals surface area (Å²) in [6.07, 6.45) is 10.3. The third-order valence-corrected chi connectivity index (χ3v) is 4.05. The summed E-state index contributed by atoms with van der Waals surface area (Å²) in [4.78, 5) is 4.30. The van der Waals surface area contributed by atoms with E-state index in [4.69, 9.17) is 0 Å². The van der Waals surface area contributed by atoms with Gasteiger partial charge in [0, 0.05) is 0 Å². The molecule has 0 radical (unpaired) electrons. The molecule has 0 amide bonds. The molecule has 1 atom stereocenters. The average molecular weight is 264 g/mol. The summed E-state index contributed by atoms with van der Waals surface area (Å²) < 4.78 is 13.0. The van der Waals surface area contributed by atoms with Crippen LogP contribution in [0.2, 0.25) is 0 Å². The smallest absolute Gasteiger partial charge is 0.141 e. The van der Waals surface area contributed by atoms with Gasteiger partial charge in [-0.25, -0.2) is 4.39 Å². The number of aromatic nitrogens is 1. The van der Waals surface area contributed by atoms with Crippen LogP contribution >= 0.6 is 0 Å². The molecule has 1 aromatic heterocycles. The molecule has 1 aromatic rings. The first-order valence-corrected chi connectivity index (χ1v) is 7.66. The molecule has 1 saturated carbocycles. The van der Waals surface area contributed by atoms with Crippen molar-refractivity contribution in [2.45, 2.75) is 57.9 Å². The Morgan fingerprint density at radius 3 is 2.58 bits per heavy atom. The lowest BCUT2D eigenvalue weighted by Gasteiger charge is -2.27. The van der Waals surface area contributed by atoms with Gasteiger partial charge in [-0.15, -0.1) is 0 Å². The van der Waals surface area contributed by atoms with Crippen LogP contribution in [0.3, 0.4) is 0 Å². The van der Waals surface area contributed by atoms with Gasteiger partial charge in [-0.2, -0.15) is 0 Å². The Morgan fingerprint density at radius 1 is 1.26 bits per heavy atom. The van der Waals surface area contributed by atoms with E-state index in [1.165, 1.54) is 50.8 Å². The van der Waals surface area contributed by atoms with Gasteiger partial charge >= 0.3 is 0 Å². The SMILES string of the molecule is CCCNC(c1ccc(F)cn1)C1CCCCCC1. The van der Waals surface area contributed by atoms with Gasteiger partial charge in [0.1, 0.15) is 5.82 Å². The average Bonchev–Trinajstić information content (AvgIpc) is 2.70. The van der Waals surface area contributed by atoms with Crippen molar-refractivity contribution in [2.24, 2.45) is 5.92 Å². The molecule has 1 fully saturated rings. The molecule has 0 saturated heterocycles. The lowest BCUT2D eigenvalue weighted by atomic mass is 9.89. The van der Waals surface area contributed by atoms with E-state index >= 15 is 0 Å². The third-order valence-electron chi connectivity index (χ3n) is 4.05. The Hall–Kier alpha value is -0.960. The summed E-state index contributed by atoms with van der Waals surface area (Å²) in [6, 6.07) is 3.66. The zero-order valence-corrected chi connectivity index (χ0v) is 11.9. The first-order valence-electron chi connectivity index (χ1n) is 7.66. The predicted molar refractivity (Wildman–Crippen MR) is 76.4 cm³/mol. The lowest BCUT2D eigenvalue weighted by Crippen LogP contribution is -2.29. The van der Waals surface area contributed by atoms with Crippen molar-refractivity contribution in [3.63, 3.8) is 0 Å². The molecule has 1 unspecified atom stereocenters. The molecular formula is C16H25FN2. The minimum absolute atomic E-state index is 0.251. The number of hydrogen-bond donors (Lipinski definition) is 1. The van der Waals surface area contributed by atoms with E-state index in [1.54, 1.807) is 0 Å². The monoisotopic (exact) mass is 264 g/mol. The second-order valence-corrected chi connectivity index (χ2v) is 5.58. The minimum atomic E-state index is -0.251. The maximum absolute atomic E-state index is 13.0. The van der Waals surface area contributed by atoms with Gasteiger partial charge in [0.25, 0.3) is 0 Å². The topological polar surface area (TPSA) is 24.9 Å². The van der Waals surface area contributed by atoms with Crippen molar-refractivity contribution in [1.29, 1.82) is 0 Å². The fourth-order valence-corrected chi connectivity index (χ4v) is 3.03. The van der Waals surface area contributed by atoms with Gasteiger partial charge < -0.3 is 5.32 Å². The molecule has 0 aromatic carbocycles. The number of hydrogen-bond acceptors (Lipinski definition) is 2. The van der Waals surface area contributed by atoms with Crippen molar-refractivity contribution in [3.8, 4) is 0 Å². The molecule has 2 nitrogen and oxygen atoms in total. The zero-order chi connectivity index (χ0) is 13.5.